The summed E-state index contributed by atoms with van der Waals surface area (Å²) in [7, 11) is -9.40. The lowest BCUT2D eigenvalue weighted by molar-refractivity contribution is -0.0481. The van der Waals surface area contributed by atoms with Crippen molar-refractivity contribution in [3.8, 4) is 0 Å². The van der Waals surface area contributed by atoms with Crippen molar-refractivity contribution in [1.82, 2.24) is 14.5 Å². The van der Waals surface area contributed by atoms with Gasteiger partial charge in [0, 0.05) is 6.20 Å². The van der Waals surface area contributed by atoms with Gasteiger partial charge in [-0.1, -0.05) is 0 Å². The molecule has 15 heteroatoms. The van der Waals surface area contributed by atoms with Crippen LogP contribution < -0.4 is 5.73 Å². The van der Waals surface area contributed by atoms with E-state index in [-0.39, 0.29) is 5.82 Å². The fourth-order valence-electron chi connectivity index (χ4n) is 2.76. The van der Waals surface area contributed by atoms with Crippen molar-refractivity contribution < 1.29 is 43.3 Å². The van der Waals surface area contributed by atoms with E-state index in [0.717, 1.165) is 0 Å². The van der Waals surface area contributed by atoms with Crippen molar-refractivity contribution in [2.75, 3.05) is 18.2 Å². The van der Waals surface area contributed by atoms with E-state index < -0.39 is 52.2 Å². The number of fused-ring (bicyclic) bond motifs is 1. The predicted molar refractivity (Wildman–Crippen MR) is 90.6 cm³/mol. The Bertz CT molecular complexity index is 931. The zero-order valence-corrected chi connectivity index (χ0v) is 15.4. The Hall–Kier alpha value is -1.40. The number of aliphatic hydroxyl groups is 2. The molecule has 0 aliphatic carbocycles. The van der Waals surface area contributed by atoms with Crippen molar-refractivity contribution in [3.05, 3.63) is 18.6 Å². The standard InChI is InChI=1S/C12H18N4O9P2/c13-10-6-1-2-16(11(6)15-4-14-10)12-9(18)8(17)7(25-12)3-24-27(22,23)5-26(19,20)21/h1-2,4,7-9,12,17-18H,3,5H2,(H,22,23)(H2,13,14,15)(H2,19,20,21)/t7-,8-,9-,12-/m1/s1. The quantitative estimate of drug-likeness (QED) is 0.307. The Labute approximate surface area is 152 Å². The van der Waals surface area contributed by atoms with Crippen LogP contribution in [0.1, 0.15) is 6.23 Å². The van der Waals surface area contributed by atoms with Crippen LogP contribution in [0.25, 0.3) is 11.0 Å². The van der Waals surface area contributed by atoms with E-state index in [2.05, 4.69) is 14.5 Å². The maximum atomic E-state index is 11.7. The van der Waals surface area contributed by atoms with Gasteiger partial charge in [0.15, 0.2) is 12.1 Å². The Balaban J connectivity index is 1.75. The Kier molecular flexibility index (Phi) is 5.43. The fraction of sp³-hybridized carbons (Fsp3) is 0.500. The smallest absolute Gasteiger partial charge is 0.340 e. The lowest BCUT2D eigenvalue weighted by Gasteiger charge is -2.18. The third-order valence-corrected chi connectivity index (χ3v) is 7.41. The molecule has 2 aromatic rings. The minimum absolute atomic E-state index is 0.213. The lowest BCUT2D eigenvalue weighted by atomic mass is 10.1. The molecule has 0 aromatic carbocycles. The average molecular weight is 424 g/mol. The molecule has 1 aliphatic heterocycles. The minimum Gasteiger partial charge on any atom is -0.387 e. The zero-order valence-electron chi connectivity index (χ0n) is 13.6. The van der Waals surface area contributed by atoms with Crippen molar-refractivity contribution in [3.63, 3.8) is 0 Å². The van der Waals surface area contributed by atoms with Crippen LogP contribution in [0.3, 0.4) is 0 Å². The highest BCUT2D eigenvalue weighted by Gasteiger charge is 2.45. The number of hydrogen-bond donors (Lipinski definition) is 6. The number of aliphatic hydroxyl groups excluding tert-OH is 2. The van der Waals surface area contributed by atoms with Gasteiger partial charge in [0.2, 0.25) is 0 Å². The van der Waals surface area contributed by atoms with Crippen LogP contribution in [-0.4, -0.2) is 70.3 Å². The normalized spacial score (nSPS) is 28.5. The lowest BCUT2D eigenvalue weighted by Crippen LogP contribution is -2.33. The molecule has 1 aliphatic rings. The Morgan fingerprint density at radius 3 is 2.59 bits per heavy atom. The second-order valence-corrected chi connectivity index (χ2v) is 10.00. The number of anilines is 1. The van der Waals surface area contributed by atoms with Gasteiger partial charge in [0.05, 0.1) is 12.0 Å². The fourth-order valence-corrected chi connectivity index (χ4v) is 5.32. The summed E-state index contributed by atoms with van der Waals surface area (Å²) in [6, 6.07) is 1.60. The van der Waals surface area contributed by atoms with Gasteiger partial charge in [-0.15, -0.1) is 0 Å². The summed E-state index contributed by atoms with van der Waals surface area (Å²) in [4.78, 5) is 34.9. The first-order chi connectivity index (χ1) is 12.5. The summed E-state index contributed by atoms with van der Waals surface area (Å²) >= 11 is 0. The van der Waals surface area contributed by atoms with E-state index in [0.29, 0.717) is 11.0 Å². The van der Waals surface area contributed by atoms with Gasteiger partial charge in [-0.2, -0.15) is 0 Å². The first kappa shape index (κ1) is 20.3. The van der Waals surface area contributed by atoms with E-state index >= 15 is 0 Å². The number of nitrogen functional groups attached to an aromatic ring is 1. The first-order valence-corrected chi connectivity index (χ1v) is 11.1. The maximum absolute atomic E-state index is 11.7. The Morgan fingerprint density at radius 1 is 1.22 bits per heavy atom. The zero-order chi connectivity index (χ0) is 20.0. The molecule has 2 aromatic heterocycles. The molecular formula is C12H18N4O9P2. The van der Waals surface area contributed by atoms with Gasteiger partial charge < -0.3 is 44.5 Å². The molecule has 1 saturated heterocycles. The monoisotopic (exact) mass is 424 g/mol. The van der Waals surface area contributed by atoms with Gasteiger partial charge >= 0.3 is 15.2 Å². The minimum atomic E-state index is -4.78. The number of hydrogen-bond acceptors (Lipinski definition) is 9. The molecule has 0 amide bonds. The molecule has 3 rings (SSSR count). The molecule has 7 N–H and O–H groups in total. The predicted octanol–water partition coefficient (Wildman–Crippen LogP) is -1.03. The summed E-state index contributed by atoms with van der Waals surface area (Å²) in [6.45, 7) is -0.668. The molecular weight excluding hydrogens is 406 g/mol. The van der Waals surface area contributed by atoms with Gasteiger partial charge in [0.1, 0.15) is 36.1 Å². The van der Waals surface area contributed by atoms with Crippen LogP contribution in [-0.2, 0) is 18.4 Å². The van der Waals surface area contributed by atoms with Gasteiger partial charge in [-0.25, -0.2) is 9.97 Å². The van der Waals surface area contributed by atoms with Crippen LogP contribution in [0, 0.1) is 0 Å². The van der Waals surface area contributed by atoms with Gasteiger partial charge in [-0.3, -0.25) is 9.13 Å². The number of nitrogens with two attached hydrogens (primary N) is 1. The van der Waals surface area contributed by atoms with Crippen molar-refractivity contribution in [1.29, 1.82) is 0 Å². The summed E-state index contributed by atoms with van der Waals surface area (Å²) in [5, 5.41) is 20.9. The summed E-state index contributed by atoms with van der Waals surface area (Å²) in [5.41, 5.74) is 6.09. The van der Waals surface area contributed by atoms with Gasteiger partial charge in [0.25, 0.3) is 0 Å². The van der Waals surface area contributed by atoms with Gasteiger partial charge in [-0.05, 0) is 6.07 Å². The highest BCUT2D eigenvalue weighted by Crippen LogP contribution is 2.55. The highest BCUT2D eigenvalue weighted by molar-refractivity contribution is 7.70. The number of rotatable bonds is 6. The number of aromatic nitrogens is 3. The topological polar surface area (TPSA) is 210 Å². The van der Waals surface area contributed by atoms with Crippen LogP contribution >= 0.6 is 15.2 Å². The summed E-state index contributed by atoms with van der Waals surface area (Å²) in [6.07, 6.45) is -2.49. The molecule has 1 unspecified atom stereocenters. The maximum Gasteiger partial charge on any atom is 0.340 e. The highest BCUT2D eigenvalue weighted by atomic mass is 31.2. The molecule has 0 spiro atoms. The van der Waals surface area contributed by atoms with E-state index in [9.17, 15) is 24.2 Å². The molecule has 0 saturated carbocycles. The summed E-state index contributed by atoms with van der Waals surface area (Å²) in [5.74, 6) is -1.15. The van der Waals surface area contributed by atoms with E-state index in [1.807, 2.05) is 0 Å². The average Bonchev–Trinajstić information content (AvgIpc) is 3.07. The molecule has 1 fully saturated rings. The molecule has 13 nitrogen and oxygen atoms in total. The van der Waals surface area contributed by atoms with E-state index in [1.54, 1.807) is 6.07 Å². The SMILES string of the molecule is Nc1ncnc2c1ccn2[C@@H]1O[C@H](COP(=O)(O)CP(=O)(O)O)[C@@H](O)[C@H]1O. The largest absolute Gasteiger partial charge is 0.387 e. The third-order valence-electron chi connectivity index (χ3n) is 3.95. The molecule has 150 valence electrons. The number of ether oxygens (including phenoxy) is 1. The van der Waals surface area contributed by atoms with Crippen molar-refractivity contribution >= 4 is 32.0 Å². The first-order valence-electron chi connectivity index (χ1n) is 7.58. The molecule has 0 radical (unpaired) electrons. The van der Waals surface area contributed by atoms with Crippen LogP contribution in [0.15, 0.2) is 18.6 Å². The van der Waals surface area contributed by atoms with Crippen molar-refractivity contribution in [2.45, 2.75) is 24.5 Å². The second kappa shape index (κ2) is 7.21. The second-order valence-electron chi connectivity index (χ2n) is 6.00. The molecule has 0 bridgehead atoms. The van der Waals surface area contributed by atoms with E-state index in [4.69, 9.17) is 20.3 Å². The number of nitrogens with zero attached hydrogens (tertiary/aromatic N) is 3. The van der Waals surface area contributed by atoms with Crippen LogP contribution in [0.4, 0.5) is 5.82 Å². The van der Waals surface area contributed by atoms with Crippen molar-refractivity contribution in [2.24, 2.45) is 0 Å². The van der Waals surface area contributed by atoms with Crippen LogP contribution in [0.5, 0.6) is 0 Å². The molecule has 5 atom stereocenters. The third kappa shape index (κ3) is 4.37. The van der Waals surface area contributed by atoms with Crippen LogP contribution in [0.2, 0.25) is 0 Å². The summed E-state index contributed by atoms with van der Waals surface area (Å²) < 4.78 is 34.1. The Morgan fingerprint density at radius 2 is 1.93 bits per heavy atom. The molecule has 3 heterocycles. The molecule has 27 heavy (non-hydrogen) atoms. The van der Waals surface area contributed by atoms with E-state index in [1.165, 1.54) is 17.1 Å².